The average molecular weight is 479 g/mol. The van der Waals surface area contributed by atoms with E-state index in [0.717, 1.165) is 9.87 Å². The molecule has 11 nitrogen and oxygen atoms in total. The number of amides is 2. The van der Waals surface area contributed by atoms with Crippen LogP contribution in [0.5, 0.6) is 11.5 Å². The molecule has 0 bridgehead atoms. The number of aromatic nitrogens is 1. The van der Waals surface area contributed by atoms with Crippen LogP contribution in [-0.2, 0) is 30.9 Å². The highest BCUT2D eigenvalue weighted by Gasteiger charge is 2.35. The van der Waals surface area contributed by atoms with E-state index < -0.39 is 28.1 Å². The van der Waals surface area contributed by atoms with Crippen LogP contribution >= 0.6 is 0 Å². The van der Waals surface area contributed by atoms with E-state index in [2.05, 4.69) is 15.6 Å². The highest BCUT2D eigenvalue weighted by Crippen LogP contribution is 2.31. The van der Waals surface area contributed by atoms with Crippen LogP contribution in [0.4, 0.5) is 0 Å². The van der Waals surface area contributed by atoms with Gasteiger partial charge in [0.15, 0.2) is 11.5 Å². The van der Waals surface area contributed by atoms with Gasteiger partial charge in [0, 0.05) is 31.5 Å². The molecule has 0 spiro atoms. The van der Waals surface area contributed by atoms with Gasteiger partial charge in [0.05, 0.1) is 32.3 Å². The molecule has 3 rings (SSSR count). The normalized spacial score (nSPS) is 16.6. The molecule has 1 saturated heterocycles. The van der Waals surface area contributed by atoms with E-state index in [-0.39, 0.29) is 30.3 Å². The number of carbonyl (C=O) groups excluding carboxylic acids is 2. The minimum absolute atomic E-state index is 0.00271. The van der Waals surface area contributed by atoms with Crippen molar-refractivity contribution in [1.29, 1.82) is 0 Å². The molecule has 0 radical (unpaired) electrons. The van der Waals surface area contributed by atoms with Gasteiger partial charge in [0.25, 0.3) is 0 Å². The number of benzene rings is 1. The number of hydrogen-bond acceptors (Lipinski definition) is 8. The van der Waals surface area contributed by atoms with Crippen LogP contribution in [0.2, 0.25) is 0 Å². The Morgan fingerprint density at radius 1 is 1.09 bits per heavy atom. The molecule has 1 fully saturated rings. The summed E-state index contributed by atoms with van der Waals surface area (Å²) in [5, 5.41) is 4.94. The molecule has 2 heterocycles. The first kappa shape index (κ1) is 24.4. The van der Waals surface area contributed by atoms with Crippen molar-refractivity contribution in [3.63, 3.8) is 0 Å². The molecule has 1 aliphatic rings. The fourth-order valence-corrected chi connectivity index (χ4v) is 4.82. The summed E-state index contributed by atoms with van der Waals surface area (Å²) in [6.07, 6.45) is 2.68. The molecule has 1 aliphatic heterocycles. The van der Waals surface area contributed by atoms with Crippen LogP contribution in [0, 0.1) is 0 Å². The third-order valence-corrected chi connectivity index (χ3v) is 6.85. The van der Waals surface area contributed by atoms with Gasteiger partial charge in [0.1, 0.15) is 6.23 Å². The Labute approximate surface area is 192 Å². The Bertz CT molecular complexity index is 1080. The first-order valence-corrected chi connectivity index (χ1v) is 11.6. The van der Waals surface area contributed by atoms with Crippen LogP contribution in [0.3, 0.4) is 0 Å². The van der Waals surface area contributed by atoms with Crippen LogP contribution in [0.15, 0.2) is 47.6 Å². The van der Waals surface area contributed by atoms with Crippen LogP contribution in [-0.4, -0.2) is 69.7 Å². The molecule has 0 aliphatic carbocycles. The molecule has 2 aromatic rings. The largest absolute Gasteiger partial charge is 0.493 e. The van der Waals surface area contributed by atoms with Crippen molar-refractivity contribution in [3.8, 4) is 11.5 Å². The van der Waals surface area contributed by atoms with E-state index in [1.54, 1.807) is 24.5 Å². The topological polar surface area (TPSA) is 136 Å². The van der Waals surface area contributed by atoms with Crippen molar-refractivity contribution in [1.82, 2.24) is 19.9 Å². The van der Waals surface area contributed by atoms with Gasteiger partial charge in [-0.2, -0.15) is 4.31 Å². The number of carbonyl (C=O) groups is 2. The Kier molecular flexibility index (Phi) is 8.20. The molecule has 178 valence electrons. The SMILES string of the molecule is COc1ccc(S(=O)(=O)N2CCCOC2CNC(=O)C(=O)NCc2ccncc2)cc1OC. The fraction of sp³-hybridized carbons (Fsp3) is 0.381. The van der Waals surface area contributed by atoms with Gasteiger partial charge in [-0.25, -0.2) is 8.42 Å². The molecule has 33 heavy (non-hydrogen) atoms. The lowest BCUT2D eigenvalue weighted by Gasteiger charge is -2.34. The molecule has 0 saturated carbocycles. The minimum Gasteiger partial charge on any atom is -0.493 e. The summed E-state index contributed by atoms with van der Waals surface area (Å²) in [6, 6.07) is 7.70. The zero-order valence-corrected chi connectivity index (χ0v) is 19.1. The second kappa shape index (κ2) is 11.1. The minimum atomic E-state index is -3.97. The predicted octanol–water partition coefficient (Wildman–Crippen LogP) is 0.269. The summed E-state index contributed by atoms with van der Waals surface area (Å²) >= 11 is 0. The lowest BCUT2D eigenvalue weighted by Crippen LogP contribution is -2.53. The van der Waals surface area contributed by atoms with Crippen molar-refractivity contribution in [2.75, 3.05) is 33.9 Å². The van der Waals surface area contributed by atoms with E-state index in [4.69, 9.17) is 14.2 Å². The molecular weight excluding hydrogens is 452 g/mol. The standard InChI is InChI=1S/C21H26N4O7S/c1-30-17-5-4-16(12-18(17)31-2)33(28,29)25-10-3-11-32-19(25)14-24-21(27)20(26)23-13-15-6-8-22-9-7-15/h4-9,12,19H,3,10-11,13-14H2,1-2H3,(H,23,26)(H,24,27). The quantitative estimate of drug-likeness (QED) is 0.516. The molecule has 1 atom stereocenters. The third-order valence-electron chi connectivity index (χ3n) is 4.96. The number of ether oxygens (including phenoxy) is 3. The summed E-state index contributed by atoms with van der Waals surface area (Å²) in [7, 11) is -1.10. The summed E-state index contributed by atoms with van der Waals surface area (Å²) < 4.78 is 43.6. The molecule has 2 amide bonds. The number of methoxy groups -OCH3 is 2. The molecule has 12 heteroatoms. The van der Waals surface area contributed by atoms with Crippen molar-refractivity contribution in [3.05, 3.63) is 48.3 Å². The highest BCUT2D eigenvalue weighted by atomic mass is 32.2. The van der Waals surface area contributed by atoms with Gasteiger partial charge in [-0.3, -0.25) is 14.6 Å². The van der Waals surface area contributed by atoms with Crippen LogP contribution in [0.25, 0.3) is 0 Å². The molecular formula is C21H26N4O7S. The maximum absolute atomic E-state index is 13.3. The van der Waals surface area contributed by atoms with E-state index in [1.165, 1.54) is 32.4 Å². The van der Waals surface area contributed by atoms with Gasteiger partial charge in [-0.05, 0) is 36.2 Å². The summed E-state index contributed by atoms with van der Waals surface area (Å²) in [6.45, 7) is 0.501. The number of sulfonamides is 1. The first-order valence-electron chi connectivity index (χ1n) is 10.2. The summed E-state index contributed by atoms with van der Waals surface area (Å²) in [5.41, 5.74) is 0.786. The van der Waals surface area contributed by atoms with E-state index in [0.29, 0.717) is 18.8 Å². The van der Waals surface area contributed by atoms with E-state index in [1.807, 2.05) is 0 Å². The number of nitrogens with one attached hydrogen (secondary N) is 2. The number of pyridine rings is 1. The molecule has 1 unspecified atom stereocenters. The Hall–Kier alpha value is -3.22. The predicted molar refractivity (Wildman–Crippen MR) is 117 cm³/mol. The first-order chi connectivity index (χ1) is 15.9. The Morgan fingerprint density at radius 2 is 1.79 bits per heavy atom. The summed E-state index contributed by atoms with van der Waals surface area (Å²) in [4.78, 5) is 28.2. The number of hydrogen-bond donors (Lipinski definition) is 2. The third kappa shape index (κ3) is 5.97. The van der Waals surface area contributed by atoms with Crippen molar-refractivity contribution in [2.45, 2.75) is 24.1 Å². The van der Waals surface area contributed by atoms with Gasteiger partial charge >= 0.3 is 11.8 Å². The Morgan fingerprint density at radius 3 is 2.48 bits per heavy atom. The maximum Gasteiger partial charge on any atom is 0.309 e. The van der Waals surface area contributed by atoms with Crippen molar-refractivity contribution >= 4 is 21.8 Å². The molecule has 2 N–H and O–H groups in total. The molecule has 1 aromatic heterocycles. The zero-order chi connectivity index (χ0) is 23.8. The van der Waals surface area contributed by atoms with E-state index in [9.17, 15) is 18.0 Å². The van der Waals surface area contributed by atoms with Gasteiger partial charge < -0.3 is 24.8 Å². The number of nitrogens with zero attached hydrogens (tertiary/aromatic N) is 2. The van der Waals surface area contributed by atoms with Crippen molar-refractivity contribution < 1.29 is 32.2 Å². The maximum atomic E-state index is 13.3. The fourth-order valence-electron chi connectivity index (χ4n) is 3.24. The van der Waals surface area contributed by atoms with Crippen molar-refractivity contribution in [2.24, 2.45) is 0 Å². The second-order valence-corrected chi connectivity index (χ2v) is 8.95. The second-order valence-electron chi connectivity index (χ2n) is 7.06. The van der Waals surface area contributed by atoms with Gasteiger partial charge in [-0.15, -0.1) is 0 Å². The van der Waals surface area contributed by atoms with Gasteiger partial charge in [0.2, 0.25) is 10.0 Å². The average Bonchev–Trinajstić information content (AvgIpc) is 2.86. The summed E-state index contributed by atoms with van der Waals surface area (Å²) in [5.74, 6) is -1.06. The van der Waals surface area contributed by atoms with Gasteiger partial charge in [-0.1, -0.05) is 0 Å². The smallest absolute Gasteiger partial charge is 0.309 e. The lowest BCUT2D eigenvalue weighted by atomic mass is 10.3. The van der Waals surface area contributed by atoms with E-state index >= 15 is 0 Å². The monoisotopic (exact) mass is 478 g/mol. The lowest BCUT2D eigenvalue weighted by molar-refractivity contribution is -0.140. The van der Waals surface area contributed by atoms with Crippen LogP contribution in [0.1, 0.15) is 12.0 Å². The molecule has 1 aromatic carbocycles. The van der Waals surface area contributed by atoms with Crippen LogP contribution < -0.4 is 20.1 Å². The number of rotatable bonds is 8. The highest BCUT2D eigenvalue weighted by molar-refractivity contribution is 7.89. The zero-order valence-electron chi connectivity index (χ0n) is 18.3. The Balaban J connectivity index is 1.65.